The van der Waals surface area contributed by atoms with E-state index < -0.39 is 11.0 Å². The van der Waals surface area contributed by atoms with Gasteiger partial charge in [-0.25, -0.2) is 14.8 Å². The molecule has 1 aliphatic heterocycles. The van der Waals surface area contributed by atoms with Gasteiger partial charge in [0, 0.05) is 36.4 Å². The molecule has 1 unspecified atom stereocenters. The number of anilines is 3. The van der Waals surface area contributed by atoms with E-state index in [4.69, 9.17) is 21.4 Å². The van der Waals surface area contributed by atoms with Gasteiger partial charge in [-0.15, -0.1) is 0 Å². The number of fused-ring (bicyclic) bond motifs is 1. The number of hydrogen-bond acceptors (Lipinski definition) is 9. The van der Waals surface area contributed by atoms with Gasteiger partial charge in [-0.3, -0.25) is 15.1 Å². The highest BCUT2D eigenvalue weighted by Gasteiger charge is 2.29. The fraction of sp³-hybridized carbons (Fsp3) is 0.200. The van der Waals surface area contributed by atoms with E-state index in [1.165, 1.54) is 12.4 Å². The number of pyridine rings is 1. The third-order valence-corrected chi connectivity index (χ3v) is 6.38. The highest BCUT2D eigenvalue weighted by atomic mass is 35.5. The van der Waals surface area contributed by atoms with E-state index in [1.807, 2.05) is 18.2 Å². The summed E-state index contributed by atoms with van der Waals surface area (Å²) in [6, 6.07) is 13.4. The van der Waals surface area contributed by atoms with E-state index in [-0.39, 0.29) is 18.3 Å². The smallest absolute Gasteiger partial charge is 0.404 e. The second-order valence-corrected chi connectivity index (χ2v) is 9.01. The molecule has 4 aromatic rings. The number of halogens is 1. The van der Waals surface area contributed by atoms with Gasteiger partial charge in [0.15, 0.2) is 0 Å². The summed E-state index contributed by atoms with van der Waals surface area (Å²) >= 11 is 6.43. The Hall–Kier alpha value is -4.71. The summed E-state index contributed by atoms with van der Waals surface area (Å²) in [6.45, 7) is 1.06. The summed E-state index contributed by atoms with van der Waals surface area (Å²) in [6.07, 6.45) is 2.47. The van der Waals surface area contributed by atoms with Crippen molar-refractivity contribution in [1.82, 2.24) is 20.3 Å². The third kappa shape index (κ3) is 5.49. The van der Waals surface area contributed by atoms with Crippen molar-refractivity contribution in [1.29, 1.82) is 0 Å². The maximum Gasteiger partial charge on any atom is 0.404 e. The van der Waals surface area contributed by atoms with E-state index >= 15 is 0 Å². The fourth-order valence-corrected chi connectivity index (χ4v) is 4.55. The minimum atomic E-state index is -1.12. The van der Waals surface area contributed by atoms with Crippen molar-refractivity contribution < 1.29 is 19.6 Å². The SMILES string of the molecule is O=C(O)NC1CCN(c2cc3ncnc(Nc4ccc(OCc5ccccn5)c(Cl)c4)c3cc2[N+](=O)[O-])C1. The van der Waals surface area contributed by atoms with Crippen molar-refractivity contribution in [3.63, 3.8) is 0 Å². The molecule has 0 bridgehead atoms. The predicted molar refractivity (Wildman–Crippen MR) is 141 cm³/mol. The molecule has 0 spiro atoms. The molecule has 13 heteroatoms. The maximum atomic E-state index is 12.0. The maximum absolute atomic E-state index is 12.0. The number of nitrogens with zero attached hydrogens (tertiary/aromatic N) is 5. The van der Waals surface area contributed by atoms with Crippen LogP contribution >= 0.6 is 11.6 Å². The fourth-order valence-electron chi connectivity index (χ4n) is 4.32. The average molecular weight is 536 g/mol. The second-order valence-electron chi connectivity index (χ2n) is 8.60. The van der Waals surface area contributed by atoms with Gasteiger partial charge < -0.3 is 25.4 Å². The van der Waals surface area contributed by atoms with Crippen LogP contribution in [0, 0.1) is 10.1 Å². The number of amides is 1. The lowest BCUT2D eigenvalue weighted by molar-refractivity contribution is -0.384. The standard InChI is InChI=1S/C25H22ClN7O5/c26-19-9-15(4-5-23(19)38-13-17-3-1-2-7-27-17)30-24-18-10-22(33(36)37)21(11-20(18)28-14-29-24)32-8-6-16(12-32)31-25(34)35/h1-5,7,9-11,14,16,31H,6,8,12-13H2,(H,34,35)(H,28,29,30). The lowest BCUT2D eigenvalue weighted by Gasteiger charge is -2.19. The van der Waals surface area contributed by atoms with Gasteiger partial charge in [0.2, 0.25) is 0 Å². The zero-order chi connectivity index (χ0) is 26.6. The number of nitro benzene ring substituents is 1. The van der Waals surface area contributed by atoms with Crippen molar-refractivity contribution in [3.8, 4) is 5.75 Å². The Kier molecular flexibility index (Phi) is 7.05. The van der Waals surface area contributed by atoms with Crippen LogP contribution in [0.25, 0.3) is 10.9 Å². The van der Waals surface area contributed by atoms with Gasteiger partial charge in [-0.2, -0.15) is 0 Å². The summed E-state index contributed by atoms with van der Waals surface area (Å²) < 4.78 is 5.77. The lowest BCUT2D eigenvalue weighted by Crippen LogP contribution is -2.36. The Morgan fingerprint density at radius 1 is 1.21 bits per heavy atom. The average Bonchev–Trinajstić information content (AvgIpc) is 3.36. The van der Waals surface area contributed by atoms with Gasteiger partial charge in [0.25, 0.3) is 5.69 Å². The number of aromatic nitrogens is 3. The van der Waals surface area contributed by atoms with Crippen LogP contribution in [-0.2, 0) is 6.61 Å². The van der Waals surface area contributed by atoms with Gasteiger partial charge in [0.1, 0.15) is 30.2 Å². The van der Waals surface area contributed by atoms with Crippen LogP contribution in [0.1, 0.15) is 12.1 Å². The molecule has 1 aliphatic rings. The Morgan fingerprint density at radius 2 is 2.08 bits per heavy atom. The Balaban J connectivity index is 1.39. The number of rotatable bonds is 8. The Bertz CT molecular complexity index is 1500. The molecule has 2 aromatic carbocycles. The van der Waals surface area contributed by atoms with Crippen LogP contribution in [0.3, 0.4) is 0 Å². The van der Waals surface area contributed by atoms with Crippen LogP contribution in [0.4, 0.5) is 27.7 Å². The van der Waals surface area contributed by atoms with E-state index in [0.717, 1.165) is 5.69 Å². The molecular weight excluding hydrogens is 514 g/mol. The third-order valence-electron chi connectivity index (χ3n) is 6.08. The topological polar surface area (TPSA) is 156 Å². The van der Waals surface area contributed by atoms with Gasteiger partial charge in [-0.05, 0) is 42.8 Å². The normalized spacial score (nSPS) is 14.9. The highest BCUT2D eigenvalue weighted by molar-refractivity contribution is 6.32. The number of carbonyl (C=O) groups is 1. The Morgan fingerprint density at radius 3 is 2.82 bits per heavy atom. The number of ether oxygens (including phenoxy) is 1. The molecule has 1 saturated heterocycles. The van der Waals surface area contributed by atoms with Crippen LogP contribution in [-0.4, -0.2) is 50.2 Å². The number of benzene rings is 2. The van der Waals surface area contributed by atoms with Gasteiger partial charge >= 0.3 is 6.09 Å². The number of nitrogens with one attached hydrogen (secondary N) is 2. The van der Waals surface area contributed by atoms with Crippen molar-refractivity contribution in [2.75, 3.05) is 23.3 Å². The largest absolute Gasteiger partial charge is 0.486 e. The molecule has 5 rings (SSSR count). The summed E-state index contributed by atoms with van der Waals surface area (Å²) in [4.78, 5) is 37.1. The first-order valence-corrected chi connectivity index (χ1v) is 12.0. The molecule has 3 heterocycles. The predicted octanol–water partition coefficient (Wildman–Crippen LogP) is 4.76. The van der Waals surface area contributed by atoms with Gasteiger partial charge in [0.05, 0.1) is 27.2 Å². The first kappa shape index (κ1) is 25.0. The first-order valence-electron chi connectivity index (χ1n) is 11.6. The van der Waals surface area contributed by atoms with Crippen molar-refractivity contribution in [2.24, 2.45) is 0 Å². The summed E-state index contributed by atoms with van der Waals surface area (Å²) in [7, 11) is 0. The zero-order valence-electron chi connectivity index (χ0n) is 19.9. The van der Waals surface area contributed by atoms with E-state index in [9.17, 15) is 14.9 Å². The van der Waals surface area contributed by atoms with E-state index in [0.29, 0.717) is 58.4 Å². The van der Waals surface area contributed by atoms with E-state index in [1.54, 1.807) is 35.4 Å². The Labute approximate surface area is 221 Å². The molecule has 0 aliphatic carbocycles. The monoisotopic (exact) mass is 535 g/mol. The number of hydrogen-bond donors (Lipinski definition) is 3. The van der Waals surface area contributed by atoms with Gasteiger partial charge in [-0.1, -0.05) is 17.7 Å². The number of carboxylic acid groups (broad SMARTS) is 1. The minimum Gasteiger partial charge on any atom is -0.486 e. The van der Waals surface area contributed by atoms with Crippen molar-refractivity contribution in [2.45, 2.75) is 19.1 Å². The lowest BCUT2D eigenvalue weighted by atomic mass is 10.1. The minimum absolute atomic E-state index is 0.123. The number of nitro groups is 1. The van der Waals surface area contributed by atoms with E-state index in [2.05, 4.69) is 25.6 Å². The molecule has 194 valence electrons. The molecule has 3 N–H and O–H groups in total. The molecule has 2 aromatic heterocycles. The van der Waals surface area contributed by atoms with Crippen LogP contribution in [0.15, 0.2) is 61.1 Å². The zero-order valence-corrected chi connectivity index (χ0v) is 20.6. The van der Waals surface area contributed by atoms with Crippen molar-refractivity contribution >= 4 is 51.5 Å². The highest BCUT2D eigenvalue weighted by Crippen LogP contribution is 2.37. The molecule has 1 atom stereocenters. The molecule has 1 fully saturated rings. The molecule has 0 radical (unpaired) electrons. The molecule has 0 saturated carbocycles. The van der Waals surface area contributed by atoms with Crippen LogP contribution in [0.2, 0.25) is 5.02 Å². The molecular formula is C25H22ClN7O5. The summed E-state index contributed by atoms with van der Waals surface area (Å²) in [5, 5.41) is 27.4. The molecule has 1 amide bonds. The first-order chi connectivity index (χ1) is 18.4. The summed E-state index contributed by atoms with van der Waals surface area (Å²) in [5.74, 6) is 0.853. The second kappa shape index (κ2) is 10.7. The summed E-state index contributed by atoms with van der Waals surface area (Å²) in [5.41, 5.74) is 2.12. The van der Waals surface area contributed by atoms with Crippen LogP contribution in [0.5, 0.6) is 5.75 Å². The van der Waals surface area contributed by atoms with Crippen molar-refractivity contribution in [3.05, 3.63) is 81.9 Å². The molecule has 38 heavy (non-hydrogen) atoms. The molecule has 12 nitrogen and oxygen atoms in total. The van der Waals surface area contributed by atoms with Crippen LogP contribution < -0.4 is 20.3 Å². The quantitative estimate of drug-likeness (QED) is 0.212.